The van der Waals surface area contributed by atoms with Crippen molar-refractivity contribution in [1.29, 1.82) is 0 Å². The third-order valence-electron chi connectivity index (χ3n) is 1.17. The molecule has 0 rings (SSSR count). The van der Waals surface area contributed by atoms with Gasteiger partial charge in [-0.25, -0.2) is 0 Å². The van der Waals surface area contributed by atoms with Gasteiger partial charge in [-0.2, -0.15) is 12.6 Å². The Labute approximate surface area is 78.0 Å². The van der Waals surface area contributed by atoms with Crippen LogP contribution in [0.1, 0.15) is 6.92 Å². The molecule has 2 unspecified atom stereocenters. The van der Waals surface area contributed by atoms with Gasteiger partial charge < -0.3 is 5.11 Å². The zero-order valence-corrected chi connectivity index (χ0v) is 9.12. The van der Waals surface area contributed by atoms with E-state index in [4.69, 9.17) is 5.11 Å². The molecule has 1 nitrogen and oxygen atoms in total. The Hall–Kier alpha value is 1.39. The monoisotopic (exact) mass is 278 g/mol. The Kier molecular flexibility index (Phi) is 7.07. The topological polar surface area (TPSA) is 20.2 Å². The van der Waals surface area contributed by atoms with Crippen molar-refractivity contribution < 1.29 is 5.11 Å². The first-order valence-electron chi connectivity index (χ1n) is 2.74. The summed E-state index contributed by atoms with van der Waals surface area (Å²) < 4.78 is 0. The Bertz CT molecular complexity index is 72.0. The van der Waals surface area contributed by atoms with Crippen LogP contribution in [0.5, 0.6) is 0 Å². The molecule has 56 valence electrons. The molecule has 0 bridgehead atoms. The van der Waals surface area contributed by atoms with E-state index in [-0.39, 0.29) is 6.10 Å². The van der Waals surface area contributed by atoms with Gasteiger partial charge in [0.2, 0.25) is 0 Å². The van der Waals surface area contributed by atoms with Crippen molar-refractivity contribution in [1.82, 2.24) is 0 Å². The van der Waals surface area contributed by atoms with Crippen LogP contribution in [-0.4, -0.2) is 22.7 Å². The first kappa shape index (κ1) is 10.4. The number of hydrogen-bond donors (Lipinski definition) is 2. The smallest absolute Gasteiger partial charge is 0.0661 e. The minimum absolute atomic E-state index is 0.240. The zero-order valence-electron chi connectivity index (χ0n) is 5.25. The van der Waals surface area contributed by atoms with E-state index in [1.807, 2.05) is 6.92 Å². The largest absolute Gasteiger partial charge is 0.392 e. The second kappa shape index (κ2) is 6.12. The molecule has 0 saturated heterocycles. The van der Waals surface area contributed by atoms with E-state index in [0.29, 0.717) is 11.7 Å². The average Bonchev–Trinajstić information content (AvgIpc) is 1.87. The quantitative estimate of drug-likeness (QED) is 0.606. The van der Waals surface area contributed by atoms with Crippen molar-refractivity contribution in [3.8, 4) is 0 Å². The van der Waals surface area contributed by atoms with Gasteiger partial charge in [0.05, 0.1) is 6.10 Å². The van der Waals surface area contributed by atoms with Crippen molar-refractivity contribution in [2.45, 2.75) is 13.0 Å². The molecule has 0 saturated carbocycles. The zero-order chi connectivity index (χ0) is 7.28. The van der Waals surface area contributed by atoms with Crippen LogP contribution < -0.4 is 0 Å². The summed E-state index contributed by atoms with van der Waals surface area (Å²) in [5.74, 6) is 1.94. The molecule has 0 fully saturated rings. The van der Waals surface area contributed by atoms with Crippen LogP contribution in [-0.2, 0) is 0 Å². The van der Waals surface area contributed by atoms with Gasteiger partial charge in [0, 0.05) is 11.5 Å². The predicted octanol–water partition coefficient (Wildman–Crippen LogP) is 2.00. The highest BCUT2D eigenvalue weighted by Crippen LogP contribution is 2.18. The molecule has 0 radical (unpaired) electrons. The van der Waals surface area contributed by atoms with E-state index < -0.39 is 0 Å². The average molecular weight is 278 g/mol. The summed E-state index contributed by atoms with van der Waals surface area (Å²) in [6.07, 6.45) is -0.240. The highest BCUT2D eigenvalue weighted by molar-refractivity contribution is 14.2. The Balaban J connectivity index is 3.32. The number of thiol groups is 1. The molecule has 0 aliphatic heterocycles. The molecule has 0 spiro atoms. The van der Waals surface area contributed by atoms with Crippen LogP contribution in [0.3, 0.4) is 0 Å². The van der Waals surface area contributed by atoms with E-state index in [1.54, 1.807) is 8.93 Å². The fourth-order valence-corrected chi connectivity index (χ4v) is 2.87. The first-order chi connectivity index (χ1) is 4.22. The summed E-state index contributed by atoms with van der Waals surface area (Å²) in [5, 5.41) is 9.16. The summed E-state index contributed by atoms with van der Waals surface area (Å²) in [6, 6.07) is 0. The minimum atomic E-state index is -0.240. The number of hydrogen-bond acceptors (Lipinski definition) is 3. The summed E-state index contributed by atoms with van der Waals surface area (Å²) >= 11 is 6.22. The van der Waals surface area contributed by atoms with Crippen molar-refractivity contribution in [2.75, 3.05) is 11.5 Å². The molecule has 0 aromatic rings. The van der Waals surface area contributed by atoms with E-state index in [1.165, 1.54) is 0 Å². The molecule has 9 heavy (non-hydrogen) atoms. The van der Waals surface area contributed by atoms with E-state index in [2.05, 4.69) is 33.8 Å². The molecule has 0 aliphatic rings. The van der Waals surface area contributed by atoms with Gasteiger partial charge in [-0.1, -0.05) is 15.9 Å². The van der Waals surface area contributed by atoms with Crippen LogP contribution >= 0.6 is 42.8 Å². The van der Waals surface area contributed by atoms with Crippen molar-refractivity contribution in [3.63, 3.8) is 0 Å². The van der Waals surface area contributed by atoms with E-state index in [9.17, 15) is 0 Å². The van der Waals surface area contributed by atoms with E-state index >= 15 is 0 Å². The second-order valence-electron chi connectivity index (χ2n) is 2.00. The van der Waals surface area contributed by atoms with Crippen LogP contribution in [0.2, 0.25) is 0 Å². The van der Waals surface area contributed by atoms with Gasteiger partial charge in [0.15, 0.2) is 0 Å². The van der Waals surface area contributed by atoms with Gasteiger partial charge in [-0.05, 0) is 27.1 Å². The van der Waals surface area contributed by atoms with Gasteiger partial charge in [0.1, 0.15) is 0 Å². The molecule has 0 amide bonds. The normalized spacial score (nSPS) is 17.3. The lowest BCUT2D eigenvalue weighted by Gasteiger charge is -2.13. The molecule has 4 heteroatoms. The Morgan fingerprint density at radius 2 is 2.33 bits per heavy atom. The van der Waals surface area contributed by atoms with Gasteiger partial charge in [0.25, 0.3) is 0 Å². The van der Waals surface area contributed by atoms with Crippen molar-refractivity contribution >= 4 is 42.8 Å². The summed E-state index contributed by atoms with van der Waals surface area (Å²) in [6.45, 7) is 2.03. The predicted molar refractivity (Wildman–Crippen MR) is 55.5 cm³/mol. The van der Waals surface area contributed by atoms with Crippen molar-refractivity contribution in [3.05, 3.63) is 0 Å². The third kappa shape index (κ3) is 4.75. The molecule has 1 N–H and O–H groups in total. The number of halogens is 1. The summed E-state index contributed by atoms with van der Waals surface area (Å²) in [7, 11) is 1.73. The Morgan fingerprint density at radius 3 is 2.67 bits per heavy atom. The van der Waals surface area contributed by atoms with Crippen molar-refractivity contribution in [2.24, 2.45) is 5.92 Å². The number of aliphatic hydroxyl groups is 1. The molecule has 2 atom stereocenters. The summed E-state index contributed by atoms with van der Waals surface area (Å²) in [5.41, 5.74) is 0. The maximum absolute atomic E-state index is 9.16. The van der Waals surface area contributed by atoms with Gasteiger partial charge in [-0.15, -0.1) is 0 Å². The lowest BCUT2D eigenvalue weighted by molar-refractivity contribution is 0.152. The van der Waals surface area contributed by atoms with Crippen LogP contribution in [0, 0.1) is 5.92 Å². The molecule has 0 heterocycles. The van der Waals surface area contributed by atoms with Gasteiger partial charge >= 0.3 is 0 Å². The maximum atomic E-state index is 9.16. The summed E-state index contributed by atoms with van der Waals surface area (Å²) in [4.78, 5) is 0. The van der Waals surface area contributed by atoms with Gasteiger partial charge in [-0.3, -0.25) is 0 Å². The third-order valence-corrected chi connectivity index (χ3v) is 3.27. The highest BCUT2D eigenvalue weighted by Gasteiger charge is 2.10. The first-order valence-corrected chi connectivity index (χ1v) is 6.91. The lowest BCUT2D eigenvalue weighted by atomic mass is 10.1. The fraction of sp³-hybridized carbons (Fsp3) is 1.00. The molecule has 0 aromatic carbocycles. The molecule has 0 aromatic heterocycles. The SMILES string of the molecule is CC(CSI)C(O)CS. The lowest BCUT2D eigenvalue weighted by Crippen LogP contribution is -2.20. The number of aliphatic hydroxyl groups excluding tert-OH is 1. The Morgan fingerprint density at radius 1 is 1.78 bits per heavy atom. The standard InChI is InChI=1S/C5H11IOS2/c1-4(3-9-6)5(7)2-8/h4-5,7-8H,2-3H2,1H3. The fourth-order valence-electron chi connectivity index (χ4n) is 0.390. The minimum Gasteiger partial charge on any atom is -0.392 e. The molecular weight excluding hydrogens is 267 g/mol. The van der Waals surface area contributed by atoms with Crippen LogP contribution in [0.15, 0.2) is 0 Å². The molecule has 0 aliphatic carbocycles. The number of rotatable bonds is 4. The second-order valence-corrected chi connectivity index (χ2v) is 4.79. The van der Waals surface area contributed by atoms with Crippen LogP contribution in [0.4, 0.5) is 0 Å². The highest BCUT2D eigenvalue weighted by atomic mass is 127. The maximum Gasteiger partial charge on any atom is 0.0661 e. The van der Waals surface area contributed by atoms with Crippen LogP contribution in [0.25, 0.3) is 0 Å². The molecular formula is C5H11IOS2. The van der Waals surface area contributed by atoms with E-state index in [0.717, 1.165) is 5.75 Å².